The van der Waals surface area contributed by atoms with Crippen LogP contribution in [0.15, 0.2) is 0 Å². The molecule has 0 aromatic carbocycles. The Morgan fingerprint density at radius 2 is 1.73 bits per heavy atom. The molecule has 0 aromatic rings. The Kier molecular flexibility index (Phi) is 4.13. The van der Waals surface area contributed by atoms with Crippen LogP contribution in [0.1, 0.15) is 41.0 Å². The number of hydrogen-bond donors (Lipinski definition) is 4. The van der Waals surface area contributed by atoms with E-state index in [-0.39, 0.29) is 17.4 Å². The number of carbonyl (C=O) groups is 1. The molecule has 0 aliphatic carbocycles. The first kappa shape index (κ1) is 13.7. The second kappa shape index (κ2) is 4.51. The van der Waals surface area contributed by atoms with Gasteiger partial charge in [-0.2, -0.15) is 0 Å². The minimum absolute atomic E-state index is 0.0333. The van der Waals surface area contributed by atoms with Gasteiger partial charge >= 0.3 is 6.03 Å². The Bertz CT molecular complexity index is 257. The van der Waals surface area contributed by atoms with Crippen molar-refractivity contribution in [2.24, 2.45) is 5.73 Å². The molecule has 0 aromatic heterocycles. The largest absolute Gasteiger partial charge is 0.386 e. The minimum Gasteiger partial charge on any atom is -0.386 e. The highest BCUT2D eigenvalue weighted by molar-refractivity contribution is 5.91. The van der Waals surface area contributed by atoms with Gasteiger partial charge < -0.3 is 16.4 Å². The molecular formula is C10H22N4O. The third kappa shape index (κ3) is 4.67. The molecule has 5 heteroatoms. The van der Waals surface area contributed by atoms with Crippen LogP contribution in [0.4, 0.5) is 4.79 Å². The third-order valence-electron chi connectivity index (χ3n) is 2.18. The van der Waals surface area contributed by atoms with Crippen LogP contribution in [0.2, 0.25) is 0 Å². The van der Waals surface area contributed by atoms with Crippen LogP contribution < -0.4 is 16.4 Å². The average molecular weight is 214 g/mol. The van der Waals surface area contributed by atoms with E-state index in [0.717, 1.165) is 0 Å². The quantitative estimate of drug-likeness (QED) is 0.420. The van der Waals surface area contributed by atoms with Crippen molar-refractivity contribution in [3.8, 4) is 0 Å². The molecule has 0 aliphatic rings. The number of nitrogens with two attached hydrogens (primary N) is 1. The van der Waals surface area contributed by atoms with E-state index in [4.69, 9.17) is 11.1 Å². The molecule has 0 radical (unpaired) electrons. The highest BCUT2D eigenvalue weighted by Gasteiger charge is 2.28. The van der Waals surface area contributed by atoms with Crippen molar-refractivity contribution in [2.45, 2.75) is 52.1 Å². The molecule has 0 bridgehead atoms. The second-order valence-corrected chi connectivity index (χ2v) is 4.93. The monoisotopic (exact) mass is 214 g/mol. The highest BCUT2D eigenvalue weighted by Crippen LogP contribution is 2.08. The maximum atomic E-state index is 11.6. The smallest absolute Gasteiger partial charge is 0.315 e. The van der Waals surface area contributed by atoms with Crippen LogP contribution in [-0.4, -0.2) is 22.9 Å². The predicted molar refractivity (Wildman–Crippen MR) is 62.0 cm³/mol. The maximum Gasteiger partial charge on any atom is 0.315 e. The molecule has 0 saturated carbocycles. The summed E-state index contributed by atoms with van der Waals surface area (Å²) in [6, 6.07) is -0.304. The Morgan fingerprint density at radius 3 is 2.00 bits per heavy atom. The van der Waals surface area contributed by atoms with Gasteiger partial charge in [-0.3, -0.25) is 5.41 Å². The summed E-state index contributed by atoms with van der Waals surface area (Å²) in [6.07, 6.45) is 0.583. The zero-order valence-corrected chi connectivity index (χ0v) is 10.2. The molecule has 88 valence electrons. The van der Waals surface area contributed by atoms with Crippen LogP contribution in [0.3, 0.4) is 0 Å². The van der Waals surface area contributed by atoms with Crippen LogP contribution >= 0.6 is 0 Å². The van der Waals surface area contributed by atoms with E-state index in [9.17, 15) is 4.79 Å². The fourth-order valence-corrected chi connectivity index (χ4v) is 0.969. The molecular weight excluding hydrogens is 192 g/mol. The average Bonchev–Trinajstić information content (AvgIpc) is 1.99. The number of amides is 2. The van der Waals surface area contributed by atoms with E-state index in [1.54, 1.807) is 6.92 Å². The summed E-state index contributed by atoms with van der Waals surface area (Å²) < 4.78 is 0. The van der Waals surface area contributed by atoms with Crippen molar-refractivity contribution in [1.82, 2.24) is 10.6 Å². The van der Waals surface area contributed by atoms with Gasteiger partial charge in [-0.25, -0.2) is 4.79 Å². The van der Waals surface area contributed by atoms with Crippen molar-refractivity contribution in [3.63, 3.8) is 0 Å². The van der Waals surface area contributed by atoms with Crippen LogP contribution in [-0.2, 0) is 0 Å². The molecule has 15 heavy (non-hydrogen) atoms. The van der Waals surface area contributed by atoms with Gasteiger partial charge in [0.05, 0.1) is 5.54 Å². The van der Waals surface area contributed by atoms with Crippen molar-refractivity contribution in [3.05, 3.63) is 0 Å². The summed E-state index contributed by atoms with van der Waals surface area (Å²) in [5.41, 5.74) is 4.37. The lowest BCUT2D eigenvalue weighted by Crippen LogP contribution is -2.59. The fourth-order valence-electron chi connectivity index (χ4n) is 0.969. The summed E-state index contributed by atoms with van der Waals surface area (Å²) in [5.74, 6) is -0.0333. The Hall–Kier alpha value is -1.26. The van der Waals surface area contributed by atoms with E-state index in [1.165, 1.54) is 0 Å². The Morgan fingerprint density at radius 1 is 1.27 bits per heavy atom. The number of rotatable bonds is 3. The van der Waals surface area contributed by atoms with E-state index < -0.39 is 5.54 Å². The Balaban J connectivity index is 4.45. The predicted octanol–water partition coefficient (Wildman–Crippen LogP) is 1.19. The molecule has 5 nitrogen and oxygen atoms in total. The van der Waals surface area contributed by atoms with Gasteiger partial charge in [0, 0.05) is 5.54 Å². The number of carbonyl (C=O) groups excluding carboxylic acids is 1. The zero-order chi connectivity index (χ0) is 12.3. The number of urea groups is 1. The topological polar surface area (TPSA) is 91.0 Å². The van der Waals surface area contributed by atoms with E-state index >= 15 is 0 Å². The molecule has 1 unspecified atom stereocenters. The minimum atomic E-state index is -0.769. The van der Waals surface area contributed by atoms with Gasteiger partial charge in [0.15, 0.2) is 0 Å². The number of amidine groups is 1. The number of nitrogens with one attached hydrogen (secondary N) is 3. The molecule has 0 saturated heterocycles. The van der Waals surface area contributed by atoms with Crippen molar-refractivity contribution >= 4 is 11.9 Å². The summed E-state index contributed by atoms with van der Waals surface area (Å²) in [4.78, 5) is 11.6. The molecule has 0 aliphatic heterocycles. The maximum absolute atomic E-state index is 11.6. The number of hydrogen-bond acceptors (Lipinski definition) is 2. The summed E-state index contributed by atoms with van der Waals surface area (Å²) >= 11 is 0. The van der Waals surface area contributed by atoms with Gasteiger partial charge in [-0.1, -0.05) is 6.92 Å². The first-order valence-corrected chi connectivity index (χ1v) is 5.05. The molecule has 0 rings (SSSR count). The second-order valence-electron chi connectivity index (χ2n) is 4.93. The van der Waals surface area contributed by atoms with Gasteiger partial charge in [-0.15, -0.1) is 0 Å². The standard InChI is InChI=1S/C10H22N4O/c1-6-10(5,7(11)12)14-8(15)13-9(2,3)4/h6H2,1-5H3,(H3,11,12)(H2,13,14,15). The molecule has 0 spiro atoms. The van der Waals surface area contributed by atoms with Crippen LogP contribution in [0.25, 0.3) is 0 Å². The van der Waals surface area contributed by atoms with Crippen molar-refractivity contribution in [2.75, 3.05) is 0 Å². The normalized spacial score (nSPS) is 15.3. The van der Waals surface area contributed by atoms with E-state index in [1.807, 2.05) is 27.7 Å². The lowest BCUT2D eigenvalue weighted by molar-refractivity contribution is 0.225. The summed E-state index contributed by atoms with van der Waals surface area (Å²) in [6.45, 7) is 9.28. The molecule has 2 amide bonds. The van der Waals surface area contributed by atoms with E-state index in [2.05, 4.69) is 10.6 Å². The van der Waals surface area contributed by atoms with Crippen molar-refractivity contribution < 1.29 is 4.79 Å². The fraction of sp³-hybridized carbons (Fsp3) is 0.800. The van der Waals surface area contributed by atoms with Gasteiger partial charge in [0.25, 0.3) is 0 Å². The first-order chi connectivity index (χ1) is 6.60. The summed E-state index contributed by atoms with van der Waals surface area (Å²) in [7, 11) is 0. The molecule has 0 heterocycles. The molecule has 5 N–H and O–H groups in total. The van der Waals surface area contributed by atoms with Crippen molar-refractivity contribution in [1.29, 1.82) is 5.41 Å². The molecule has 1 atom stereocenters. The lowest BCUT2D eigenvalue weighted by atomic mass is 9.98. The lowest BCUT2D eigenvalue weighted by Gasteiger charge is -2.30. The van der Waals surface area contributed by atoms with Gasteiger partial charge in [0.2, 0.25) is 0 Å². The van der Waals surface area contributed by atoms with Gasteiger partial charge in [-0.05, 0) is 34.1 Å². The van der Waals surface area contributed by atoms with E-state index in [0.29, 0.717) is 6.42 Å². The van der Waals surface area contributed by atoms with Gasteiger partial charge in [0.1, 0.15) is 5.84 Å². The summed E-state index contributed by atoms with van der Waals surface area (Å²) in [5, 5.41) is 12.9. The first-order valence-electron chi connectivity index (χ1n) is 5.05. The van der Waals surface area contributed by atoms with Crippen LogP contribution in [0, 0.1) is 5.41 Å². The highest BCUT2D eigenvalue weighted by atomic mass is 16.2. The zero-order valence-electron chi connectivity index (χ0n) is 10.2. The Labute approximate surface area is 91.3 Å². The van der Waals surface area contributed by atoms with Crippen LogP contribution in [0.5, 0.6) is 0 Å². The molecule has 0 fully saturated rings. The SMILES string of the molecule is CCC(C)(NC(=O)NC(C)(C)C)C(=N)N. The third-order valence-corrected chi connectivity index (χ3v) is 2.18.